The number of amides is 1. The van der Waals surface area contributed by atoms with Crippen LogP contribution in [0.15, 0.2) is 48.8 Å². The third-order valence-corrected chi connectivity index (χ3v) is 2.69. The van der Waals surface area contributed by atoms with E-state index in [1.807, 2.05) is 0 Å². The van der Waals surface area contributed by atoms with Gasteiger partial charge in [-0.15, -0.1) is 0 Å². The predicted molar refractivity (Wildman–Crippen MR) is 80.0 cm³/mol. The van der Waals surface area contributed by atoms with Crippen molar-refractivity contribution in [2.75, 3.05) is 5.32 Å². The third kappa shape index (κ3) is 4.01. The lowest BCUT2D eigenvalue weighted by Crippen LogP contribution is -2.07. The minimum Gasteiger partial charge on any atom is -0.507 e. The number of ketones is 1. The van der Waals surface area contributed by atoms with Crippen molar-refractivity contribution >= 4 is 23.5 Å². The van der Waals surface area contributed by atoms with Gasteiger partial charge in [0.2, 0.25) is 5.91 Å². The lowest BCUT2D eigenvalue weighted by Gasteiger charge is -2.02. The highest BCUT2D eigenvalue weighted by atomic mass is 16.3. The van der Waals surface area contributed by atoms with Gasteiger partial charge in [-0.1, -0.05) is 18.2 Å². The molecule has 106 valence electrons. The highest BCUT2D eigenvalue weighted by Gasteiger charge is 2.05. The summed E-state index contributed by atoms with van der Waals surface area (Å²) >= 11 is 0. The summed E-state index contributed by atoms with van der Waals surface area (Å²) in [6, 6.07) is 8.26. The highest BCUT2D eigenvalue weighted by Crippen LogP contribution is 2.17. The maximum absolute atomic E-state index is 12.0. The molecule has 21 heavy (non-hydrogen) atoms. The van der Waals surface area contributed by atoms with E-state index in [9.17, 15) is 14.7 Å². The van der Waals surface area contributed by atoms with Crippen molar-refractivity contribution in [3.8, 4) is 5.75 Å². The van der Waals surface area contributed by atoms with Crippen molar-refractivity contribution in [2.45, 2.75) is 6.92 Å². The van der Waals surface area contributed by atoms with Crippen LogP contribution in [0.4, 0.5) is 5.69 Å². The van der Waals surface area contributed by atoms with Crippen molar-refractivity contribution < 1.29 is 14.7 Å². The molecule has 0 bridgehead atoms. The molecule has 1 aromatic heterocycles. The molecule has 2 rings (SSSR count). The second-order valence-electron chi connectivity index (χ2n) is 4.40. The van der Waals surface area contributed by atoms with E-state index in [-0.39, 0.29) is 17.4 Å². The number of aromatic nitrogens is 1. The number of benzene rings is 1. The van der Waals surface area contributed by atoms with E-state index in [1.165, 1.54) is 31.5 Å². The molecule has 1 amide bonds. The molecule has 0 saturated carbocycles. The quantitative estimate of drug-likeness (QED) is 0.667. The zero-order chi connectivity index (χ0) is 15.2. The number of para-hydroxylation sites is 1. The normalized spacial score (nSPS) is 10.5. The first-order chi connectivity index (χ1) is 10.1. The average molecular weight is 282 g/mol. The van der Waals surface area contributed by atoms with E-state index in [0.717, 1.165) is 0 Å². The van der Waals surface area contributed by atoms with Crippen LogP contribution in [-0.4, -0.2) is 21.8 Å². The number of nitrogens with zero attached hydrogens (tertiary/aromatic N) is 1. The summed E-state index contributed by atoms with van der Waals surface area (Å²) in [6.07, 6.45) is 5.76. The molecule has 5 heteroatoms. The Bertz CT molecular complexity index is 708. The molecule has 0 aliphatic rings. The van der Waals surface area contributed by atoms with E-state index < -0.39 is 0 Å². The molecule has 0 spiro atoms. The number of phenols is 1. The number of aromatic hydroxyl groups is 1. The molecule has 0 unspecified atom stereocenters. The Morgan fingerprint density at radius 3 is 2.71 bits per heavy atom. The highest BCUT2D eigenvalue weighted by molar-refractivity contribution is 6.07. The SMILES string of the molecule is CC(=O)Nc1cncc(C(=O)C=Cc2ccccc2O)c1. The van der Waals surface area contributed by atoms with Gasteiger partial charge in [-0.2, -0.15) is 0 Å². The van der Waals surface area contributed by atoms with Crippen LogP contribution in [0, 0.1) is 0 Å². The molecule has 0 aliphatic heterocycles. The molecule has 1 aromatic carbocycles. The number of anilines is 1. The number of phenolic OH excluding ortho intramolecular Hbond substituents is 1. The minimum atomic E-state index is -0.266. The second kappa shape index (κ2) is 6.47. The topological polar surface area (TPSA) is 79.3 Å². The van der Waals surface area contributed by atoms with E-state index in [1.54, 1.807) is 30.3 Å². The monoisotopic (exact) mass is 282 g/mol. The van der Waals surface area contributed by atoms with Crippen LogP contribution in [0.1, 0.15) is 22.8 Å². The average Bonchev–Trinajstić information content (AvgIpc) is 2.45. The van der Waals surface area contributed by atoms with Crippen LogP contribution in [-0.2, 0) is 4.79 Å². The molecule has 0 saturated heterocycles. The summed E-state index contributed by atoms with van der Waals surface area (Å²) in [7, 11) is 0. The van der Waals surface area contributed by atoms with Crippen LogP contribution >= 0.6 is 0 Å². The Kier molecular flexibility index (Phi) is 4.46. The summed E-state index contributed by atoms with van der Waals surface area (Å²) in [4.78, 5) is 26.9. The van der Waals surface area contributed by atoms with Gasteiger partial charge in [-0.3, -0.25) is 14.6 Å². The van der Waals surface area contributed by atoms with Crippen LogP contribution in [0.5, 0.6) is 5.75 Å². The number of hydrogen-bond donors (Lipinski definition) is 2. The smallest absolute Gasteiger partial charge is 0.221 e. The Morgan fingerprint density at radius 2 is 2.00 bits per heavy atom. The van der Waals surface area contributed by atoms with Gasteiger partial charge in [-0.05, 0) is 24.3 Å². The lowest BCUT2D eigenvalue weighted by molar-refractivity contribution is -0.114. The summed E-state index contributed by atoms with van der Waals surface area (Å²) in [5.41, 5.74) is 1.37. The molecule has 2 N–H and O–H groups in total. The Morgan fingerprint density at radius 1 is 1.24 bits per heavy atom. The zero-order valence-corrected chi connectivity index (χ0v) is 11.4. The standard InChI is InChI=1S/C16H14N2O3/c1-11(19)18-14-8-13(9-17-10-14)16(21)7-6-12-4-2-3-5-15(12)20/h2-10,20H,1H3,(H,18,19). The van der Waals surface area contributed by atoms with E-state index in [0.29, 0.717) is 16.8 Å². The molecule has 0 atom stereocenters. The fourth-order valence-electron chi connectivity index (χ4n) is 1.74. The number of carbonyl (C=O) groups excluding carboxylic acids is 2. The number of carbonyl (C=O) groups is 2. The third-order valence-electron chi connectivity index (χ3n) is 2.69. The summed E-state index contributed by atoms with van der Waals surface area (Å²) in [5, 5.41) is 12.2. The van der Waals surface area contributed by atoms with Gasteiger partial charge in [0.25, 0.3) is 0 Å². The van der Waals surface area contributed by atoms with E-state index >= 15 is 0 Å². The summed E-state index contributed by atoms with van der Waals surface area (Å²) in [5.74, 6) is -0.393. The maximum atomic E-state index is 12.0. The molecular weight excluding hydrogens is 268 g/mol. The Hall–Kier alpha value is -2.95. The van der Waals surface area contributed by atoms with Gasteiger partial charge in [0, 0.05) is 24.2 Å². The molecule has 0 fully saturated rings. The Labute approximate surface area is 122 Å². The summed E-state index contributed by atoms with van der Waals surface area (Å²) < 4.78 is 0. The molecular formula is C16H14N2O3. The van der Waals surface area contributed by atoms with E-state index in [4.69, 9.17) is 0 Å². The molecule has 1 heterocycles. The number of allylic oxidation sites excluding steroid dienone is 1. The van der Waals surface area contributed by atoms with Crippen LogP contribution in [0.3, 0.4) is 0 Å². The first-order valence-electron chi connectivity index (χ1n) is 6.29. The van der Waals surface area contributed by atoms with Gasteiger partial charge >= 0.3 is 0 Å². The van der Waals surface area contributed by atoms with Gasteiger partial charge in [-0.25, -0.2) is 0 Å². The van der Waals surface area contributed by atoms with Crippen LogP contribution in [0.25, 0.3) is 6.08 Å². The molecule has 0 aliphatic carbocycles. The lowest BCUT2D eigenvalue weighted by atomic mass is 10.1. The van der Waals surface area contributed by atoms with Crippen LogP contribution < -0.4 is 5.32 Å². The molecule has 5 nitrogen and oxygen atoms in total. The van der Waals surface area contributed by atoms with Gasteiger partial charge < -0.3 is 10.4 Å². The minimum absolute atomic E-state index is 0.103. The maximum Gasteiger partial charge on any atom is 0.221 e. The van der Waals surface area contributed by atoms with Crippen molar-refractivity contribution in [3.05, 3.63) is 59.9 Å². The predicted octanol–water partition coefficient (Wildman–Crippen LogP) is 2.64. The molecule has 0 radical (unpaired) electrons. The van der Waals surface area contributed by atoms with Crippen molar-refractivity contribution in [1.82, 2.24) is 4.98 Å². The number of pyridine rings is 1. The number of nitrogens with one attached hydrogen (secondary N) is 1. The van der Waals surface area contributed by atoms with Crippen molar-refractivity contribution in [3.63, 3.8) is 0 Å². The first kappa shape index (κ1) is 14.5. The fourth-order valence-corrected chi connectivity index (χ4v) is 1.74. The Balaban J connectivity index is 2.17. The fraction of sp³-hybridized carbons (Fsp3) is 0.0625. The number of rotatable bonds is 4. The first-order valence-corrected chi connectivity index (χ1v) is 6.29. The van der Waals surface area contributed by atoms with Crippen LogP contribution in [0.2, 0.25) is 0 Å². The van der Waals surface area contributed by atoms with Crippen molar-refractivity contribution in [2.24, 2.45) is 0 Å². The van der Waals surface area contributed by atoms with Crippen molar-refractivity contribution in [1.29, 1.82) is 0 Å². The second-order valence-corrected chi connectivity index (χ2v) is 4.40. The summed E-state index contributed by atoms with van der Waals surface area (Å²) in [6.45, 7) is 1.38. The largest absolute Gasteiger partial charge is 0.507 e. The van der Waals surface area contributed by atoms with Gasteiger partial charge in [0.05, 0.1) is 11.9 Å². The van der Waals surface area contributed by atoms with Gasteiger partial charge in [0.15, 0.2) is 5.78 Å². The van der Waals surface area contributed by atoms with E-state index in [2.05, 4.69) is 10.3 Å². The van der Waals surface area contributed by atoms with Gasteiger partial charge in [0.1, 0.15) is 5.75 Å². The molecule has 2 aromatic rings. The zero-order valence-electron chi connectivity index (χ0n) is 11.4. The number of hydrogen-bond acceptors (Lipinski definition) is 4.